The fourth-order valence-corrected chi connectivity index (χ4v) is 3.58. The number of hydrogen-bond acceptors (Lipinski definition) is 4. The molecule has 8 heteroatoms. The highest BCUT2D eigenvalue weighted by Gasteiger charge is 2.13. The van der Waals surface area contributed by atoms with Crippen molar-refractivity contribution in [2.24, 2.45) is 0 Å². The topological polar surface area (TPSA) is 88.9 Å². The van der Waals surface area contributed by atoms with Gasteiger partial charge in [-0.15, -0.1) is 10.2 Å². The average Bonchev–Trinajstić information content (AvgIpc) is 3.35. The van der Waals surface area contributed by atoms with E-state index in [4.69, 9.17) is 0 Å². The molecule has 0 aliphatic carbocycles. The Labute approximate surface area is 193 Å². The predicted octanol–water partition coefficient (Wildman–Crippen LogP) is 4.25. The van der Waals surface area contributed by atoms with Crippen LogP contribution in [0.3, 0.4) is 0 Å². The second kappa shape index (κ2) is 10.0. The van der Waals surface area contributed by atoms with Crippen LogP contribution < -0.4 is 10.6 Å². The summed E-state index contributed by atoms with van der Waals surface area (Å²) in [4.78, 5) is 25.2. The summed E-state index contributed by atoms with van der Waals surface area (Å²) in [5.74, 6) is -0.421. The lowest BCUT2D eigenvalue weighted by molar-refractivity contribution is 0.0953. The van der Waals surface area contributed by atoms with E-state index in [9.17, 15) is 9.59 Å². The number of nitrogens with zero attached hydrogens (tertiary/aromatic N) is 3. The number of carbonyl (C=O) groups excluding carboxylic acids is 2. The van der Waals surface area contributed by atoms with Crippen LogP contribution in [0.2, 0.25) is 0 Å². The molecule has 0 radical (unpaired) electrons. The van der Waals surface area contributed by atoms with Gasteiger partial charge >= 0.3 is 0 Å². The molecule has 1 heterocycles. The van der Waals surface area contributed by atoms with Crippen LogP contribution in [0.15, 0.2) is 89.9 Å². The summed E-state index contributed by atoms with van der Waals surface area (Å²) in [6.45, 7) is 0.554. The first-order valence-electron chi connectivity index (χ1n) is 9.98. The first-order chi connectivity index (χ1) is 15.6. The van der Waals surface area contributed by atoms with E-state index in [0.29, 0.717) is 27.8 Å². The van der Waals surface area contributed by atoms with E-state index in [1.807, 2.05) is 36.4 Å². The SMILES string of the molecule is O=C(NCCc1ccccc1)c1ccc(NC(=O)c2cc(-n3cnnc3)ccc2Br)cc1. The van der Waals surface area contributed by atoms with Crippen molar-refractivity contribution in [1.82, 2.24) is 20.1 Å². The van der Waals surface area contributed by atoms with Gasteiger partial charge in [0.1, 0.15) is 12.7 Å². The van der Waals surface area contributed by atoms with Crippen molar-refractivity contribution in [1.29, 1.82) is 0 Å². The molecule has 160 valence electrons. The lowest BCUT2D eigenvalue weighted by Gasteiger charge is -2.10. The zero-order valence-electron chi connectivity index (χ0n) is 17.0. The molecule has 7 nitrogen and oxygen atoms in total. The van der Waals surface area contributed by atoms with Crippen molar-refractivity contribution in [3.8, 4) is 5.69 Å². The smallest absolute Gasteiger partial charge is 0.256 e. The maximum absolute atomic E-state index is 12.8. The van der Waals surface area contributed by atoms with Gasteiger partial charge in [-0.1, -0.05) is 30.3 Å². The third-order valence-electron chi connectivity index (χ3n) is 4.86. The van der Waals surface area contributed by atoms with Crippen molar-refractivity contribution >= 4 is 33.4 Å². The van der Waals surface area contributed by atoms with Crippen molar-refractivity contribution in [2.75, 3.05) is 11.9 Å². The van der Waals surface area contributed by atoms with E-state index in [0.717, 1.165) is 12.1 Å². The molecule has 4 rings (SSSR count). The number of anilines is 1. The fraction of sp³-hybridized carbons (Fsp3) is 0.0833. The van der Waals surface area contributed by atoms with E-state index in [2.05, 4.69) is 36.8 Å². The van der Waals surface area contributed by atoms with Crippen LogP contribution in [0.25, 0.3) is 5.69 Å². The van der Waals surface area contributed by atoms with Crippen LogP contribution in [0.5, 0.6) is 0 Å². The first kappa shape index (κ1) is 21.5. The Kier molecular flexibility index (Phi) is 6.72. The second-order valence-corrected chi connectivity index (χ2v) is 7.91. The molecule has 0 aliphatic rings. The molecule has 32 heavy (non-hydrogen) atoms. The van der Waals surface area contributed by atoms with Gasteiger partial charge in [-0.25, -0.2) is 0 Å². The minimum Gasteiger partial charge on any atom is -0.352 e. The van der Waals surface area contributed by atoms with E-state index >= 15 is 0 Å². The van der Waals surface area contributed by atoms with Crippen molar-refractivity contribution < 1.29 is 9.59 Å². The number of rotatable bonds is 7. The number of amides is 2. The number of halogens is 1. The highest BCUT2D eigenvalue weighted by molar-refractivity contribution is 9.10. The number of benzene rings is 3. The standard InChI is InChI=1S/C24H20BrN5O2/c25-22-11-10-20(30-15-27-28-16-30)14-21(22)24(32)29-19-8-6-18(7-9-19)23(31)26-13-12-17-4-2-1-3-5-17/h1-11,14-16H,12-13H2,(H,26,31)(H,29,32). The second-order valence-electron chi connectivity index (χ2n) is 7.06. The summed E-state index contributed by atoms with van der Waals surface area (Å²) in [6, 6.07) is 22.2. The molecule has 0 fully saturated rings. The zero-order valence-corrected chi connectivity index (χ0v) is 18.6. The summed E-state index contributed by atoms with van der Waals surface area (Å²) in [6.07, 6.45) is 3.90. The third-order valence-corrected chi connectivity index (χ3v) is 5.55. The number of carbonyl (C=O) groups is 2. The van der Waals surface area contributed by atoms with Gasteiger partial charge in [0.15, 0.2) is 0 Å². The van der Waals surface area contributed by atoms with Crippen LogP contribution in [-0.2, 0) is 6.42 Å². The molecule has 0 aliphatic heterocycles. The Bertz CT molecular complexity index is 1210. The molecule has 0 saturated heterocycles. The molecule has 0 atom stereocenters. The molecule has 2 amide bonds. The number of aromatic nitrogens is 3. The summed E-state index contributed by atoms with van der Waals surface area (Å²) < 4.78 is 2.38. The molecule has 0 bridgehead atoms. The number of hydrogen-bond donors (Lipinski definition) is 2. The van der Waals surface area contributed by atoms with Gasteiger partial charge in [0, 0.05) is 28.0 Å². The Morgan fingerprint density at radius 1 is 0.875 bits per heavy atom. The van der Waals surface area contributed by atoms with E-state index in [1.54, 1.807) is 53.6 Å². The zero-order chi connectivity index (χ0) is 22.3. The first-order valence-corrected chi connectivity index (χ1v) is 10.8. The van der Waals surface area contributed by atoms with Gasteiger partial charge in [0.05, 0.1) is 5.56 Å². The summed E-state index contributed by atoms with van der Waals surface area (Å²) in [7, 11) is 0. The van der Waals surface area contributed by atoms with Crippen molar-refractivity contribution in [3.05, 3.63) is 107 Å². The van der Waals surface area contributed by atoms with Crippen LogP contribution in [0.4, 0.5) is 5.69 Å². The van der Waals surface area contributed by atoms with E-state index in [-0.39, 0.29) is 11.8 Å². The van der Waals surface area contributed by atoms with Gasteiger partial charge in [-0.05, 0) is 70.4 Å². The molecule has 2 N–H and O–H groups in total. The molecule has 0 spiro atoms. The van der Waals surface area contributed by atoms with E-state index < -0.39 is 0 Å². The molecule has 1 aromatic heterocycles. The van der Waals surface area contributed by atoms with E-state index in [1.165, 1.54) is 5.56 Å². The molecule has 3 aromatic carbocycles. The number of nitrogens with one attached hydrogen (secondary N) is 2. The highest BCUT2D eigenvalue weighted by Crippen LogP contribution is 2.22. The Hall–Kier alpha value is -3.78. The van der Waals surface area contributed by atoms with Crippen LogP contribution in [-0.4, -0.2) is 33.1 Å². The predicted molar refractivity (Wildman–Crippen MR) is 126 cm³/mol. The van der Waals surface area contributed by atoms with Gasteiger partial charge in [-0.3, -0.25) is 14.2 Å². The van der Waals surface area contributed by atoms with Gasteiger partial charge in [-0.2, -0.15) is 0 Å². The average molecular weight is 490 g/mol. The minimum absolute atomic E-state index is 0.150. The molecule has 4 aromatic rings. The molecular formula is C24H20BrN5O2. The van der Waals surface area contributed by atoms with Crippen molar-refractivity contribution in [3.63, 3.8) is 0 Å². The Morgan fingerprint density at radius 2 is 1.59 bits per heavy atom. The lowest BCUT2D eigenvalue weighted by Crippen LogP contribution is -2.25. The maximum Gasteiger partial charge on any atom is 0.256 e. The van der Waals surface area contributed by atoms with Crippen LogP contribution >= 0.6 is 15.9 Å². The minimum atomic E-state index is -0.271. The summed E-state index contributed by atoms with van der Waals surface area (Å²) in [5.41, 5.74) is 3.54. The van der Waals surface area contributed by atoms with Crippen molar-refractivity contribution in [2.45, 2.75) is 6.42 Å². The molecule has 0 unspecified atom stereocenters. The third kappa shape index (κ3) is 5.28. The highest BCUT2D eigenvalue weighted by atomic mass is 79.9. The van der Waals surface area contributed by atoms with Crippen LogP contribution in [0.1, 0.15) is 26.3 Å². The van der Waals surface area contributed by atoms with Gasteiger partial charge < -0.3 is 10.6 Å². The summed E-state index contributed by atoms with van der Waals surface area (Å²) in [5, 5.41) is 13.4. The fourth-order valence-electron chi connectivity index (χ4n) is 3.15. The molecular weight excluding hydrogens is 470 g/mol. The largest absolute Gasteiger partial charge is 0.352 e. The summed E-state index contributed by atoms with van der Waals surface area (Å²) >= 11 is 3.42. The molecule has 0 saturated carbocycles. The Balaban J connectivity index is 1.36. The lowest BCUT2D eigenvalue weighted by atomic mass is 10.1. The van der Waals surface area contributed by atoms with Gasteiger partial charge in [0.2, 0.25) is 0 Å². The maximum atomic E-state index is 12.8. The quantitative estimate of drug-likeness (QED) is 0.406. The Morgan fingerprint density at radius 3 is 2.31 bits per heavy atom. The normalized spacial score (nSPS) is 10.5. The monoisotopic (exact) mass is 489 g/mol. The van der Waals surface area contributed by atoms with Crippen LogP contribution in [0, 0.1) is 0 Å². The van der Waals surface area contributed by atoms with Gasteiger partial charge in [0.25, 0.3) is 11.8 Å².